The van der Waals surface area contributed by atoms with Gasteiger partial charge in [0, 0.05) is 10.8 Å². The van der Waals surface area contributed by atoms with Crippen LogP contribution in [0.25, 0.3) is 21.9 Å². The molecule has 0 radical (unpaired) electrons. The molecule has 2 heteroatoms. The molecular formula is C16H15ClO. The van der Waals surface area contributed by atoms with Gasteiger partial charge in [-0.3, -0.25) is 0 Å². The van der Waals surface area contributed by atoms with Crippen LogP contribution >= 0.6 is 11.6 Å². The molecule has 2 aromatic carbocycles. The fourth-order valence-corrected chi connectivity index (χ4v) is 2.43. The standard InChI is InChI=1S/C16H15ClO/c1-10(2)16(17)11-7-8-13-12-5-3-4-6-14(12)18-15(13)9-11/h3-10,16H,1-2H3. The quantitative estimate of drug-likeness (QED) is 0.552. The fraction of sp³-hybridized carbons (Fsp3) is 0.250. The molecule has 0 N–H and O–H groups in total. The molecule has 18 heavy (non-hydrogen) atoms. The Kier molecular flexibility index (Phi) is 2.79. The van der Waals surface area contributed by atoms with E-state index in [0.29, 0.717) is 5.92 Å². The zero-order valence-corrected chi connectivity index (χ0v) is 11.2. The number of hydrogen-bond acceptors (Lipinski definition) is 1. The summed E-state index contributed by atoms with van der Waals surface area (Å²) in [6.07, 6.45) is 0. The number of hydrogen-bond donors (Lipinski definition) is 0. The maximum atomic E-state index is 6.40. The normalized spacial score (nSPS) is 13.6. The first-order valence-electron chi connectivity index (χ1n) is 6.22. The predicted molar refractivity (Wildman–Crippen MR) is 77.2 cm³/mol. The van der Waals surface area contributed by atoms with E-state index in [4.69, 9.17) is 16.0 Å². The molecule has 0 spiro atoms. The summed E-state index contributed by atoms with van der Waals surface area (Å²) in [5.74, 6) is 0.411. The number of fused-ring (bicyclic) bond motifs is 3. The van der Waals surface area contributed by atoms with E-state index in [1.54, 1.807) is 0 Å². The lowest BCUT2D eigenvalue weighted by Crippen LogP contribution is -1.98. The highest BCUT2D eigenvalue weighted by Crippen LogP contribution is 2.34. The van der Waals surface area contributed by atoms with Crippen molar-refractivity contribution >= 4 is 33.5 Å². The van der Waals surface area contributed by atoms with Crippen molar-refractivity contribution in [1.82, 2.24) is 0 Å². The van der Waals surface area contributed by atoms with Crippen molar-refractivity contribution in [3.8, 4) is 0 Å². The van der Waals surface area contributed by atoms with Gasteiger partial charge in [0.2, 0.25) is 0 Å². The van der Waals surface area contributed by atoms with Crippen molar-refractivity contribution in [2.24, 2.45) is 5.92 Å². The maximum Gasteiger partial charge on any atom is 0.135 e. The van der Waals surface area contributed by atoms with Gasteiger partial charge in [-0.1, -0.05) is 44.2 Å². The van der Waals surface area contributed by atoms with E-state index >= 15 is 0 Å². The highest BCUT2D eigenvalue weighted by molar-refractivity contribution is 6.21. The van der Waals surface area contributed by atoms with Crippen LogP contribution in [-0.2, 0) is 0 Å². The molecule has 1 atom stereocenters. The molecule has 3 rings (SSSR count). The summed E-state index contributed by atoms with van der Waals surface area (Å²) < 4.78 is 5.86. The Morgan fingerprint density at radius 3 is 2.44 bits per heavy atom. The summed E-state index contributed by atoms with van der Waals surface area (Å²) >= 11 is 6.40. The Labute approximate surface area is 111 Å². The fourth-order valence-electron chi connectivity index (χ4n) is 2.30. The van der Waals surface area contributed by atoms with Gasteiger partial charge in [0.1, 0.15) is 11.2 Å². The minimum Gasteiger partial charge on any atom is -0.456 e. The Bertz CT molecular complexity index is 696. The van der Waals surface area contributed by atoms with Crippen molar-refractivity contribution in [1.29, 1.82) is 0 Å². The molecular weight excluding hydrogens is 244 g/mol. The molecule has 0 aliphatic heterocycles. The van der Waals surface area contributed by atoms with Crippen LogP contribution in [0, 0.1) is 5.92 Å². The van der Waals surface area contributed by atoms with E-state index in [2.05, 4.69) is 38.1 Å². The number of alkyl halides is 1. The summed E-state index contributed by atoms with van der Waals surface area (Å²) in [4.78, 5) is 0. The molecule has 1 aromatic heterocycles. The van der Waals surface area contributed by atoms with Gasteiger partial charge in [-0.2, -0.15) is 0 Å². The van der Waals surface area contributed by atoms with E-state index in [1.165, 1.54) is 0 Å². The first kappa shape index (κ1) is 11.6. The lowest BCUT2D eigenvalue weighted by atomic mass is 10.0. The second-order valence-electron chi connectivity index (χ2n) is 5.00. The molecule has 0 amide bonds. The van der Waals surface area contributed by atoms with Gasteiger partial charge in [0.15, 0.2) is 0 Å². The Hall–Kier alpha value is -1.47. The van der Waals surface area contributed by atoms with Gasteiger partial charge < -0.3 is 4.42 Å². The van der Waals surface area contributed by atoms with E-state index < -0.39 is 0 Å². The van der Waals surface area contributed by atoms with Crippen LogP contribution < -0.4 is 0 Å². The second-order valence-corrected chi connectivity index (χ2v) is 5.47. The third-order valence-electron chi connectivity index (χ3n) is 3.31. The first-order chi connectivity index (χ1) is 8.66. The van der Waals surface area contributed by atoms with Gasteiger partial charge >= 0.3 is 0 Å². The van der Waals surface area contributed by atoms with Gasteiger partial charge in [0.05, 0.1) is 5.38 Å². The number of benzene rings is 2. The van der Waals surface area contributed by atoms with Gasteiger partial charge in [0.25, 0.3) is 0 Å². The second kappa shape index (κ2) is 4.33. The summed E-state index contributed by atoms with van der Waals surface area (Å²) in [6, 6.07) is 14.4. The van der Waals surface area contributed by atoms with Crippen LogP contribution in [0.1, 0.15) is 24.8 Å². The Balaban J connectivity index is 2.21. The van der Waals surface area contributed by atoms with Crippen LogP contribution in [0.5, 0.6) is 0 Å². The van der Waals surface area contributed by atoms with Crippen LogP contribution in [0.3, 0.4) is 0 Å². The van der Waals surface area contributed by atoms with Crippen LogP contribution in [0.15, 0.2) is 46.9 Å². The lowest BCUT2D eigenvalue weighted by Gasteiger charge is -2.13. The molecule has 0 saturated heterocycles. The molecule has 0 aliphatic carbocycles. The van der Waals surface area contributed by atoms with E-state index in [9.17, 15) is 0 Å². The SMILES string of the molecule is CC(C)C(Cl)c1ccc2c(c1)oc1ccccc12. The zero-order chi connectivity index (χ0) is 12.7. The summed E-state index contributed by atoms with van der Waals surface area (Å²) in [5.41, 5.74) is 2.97. The molecule has 3 aromatic rings. The van der Waals surface area contributed by atoms with Crippen LogP contribution in [0.2, 0.25) is 0 Å². The number of furan rings is 1. The van der Waals surface area contributed by atoms with Crippen LogP contribution in [0.4, 0.5) is 0 Å². The van der Waals surface area contributed by atoms with Crippen molar-refractivity contribution < 1.29 is 4.42 Å². The van der Waals surface area contributed by atoms with E-state index in [-0.39, 0.29) is 5.38 Å². The molecule has 0 aliphatic rings. The maximum absolute atomic E-state index is 6.40. The predicted octanol–water partition coefficient (Wildman–Crippen LogP) is 5.52. The van der Waals surface area contributed by atoms with Crippen molar-refractivity contribution in [2.45, 2.75) is 19.2 Å². The Morgan fingerprint density at radius 2 is 1.67 bits per heavy atom. The van der Waals surface area contributed by atoms with Crippen molar-refractivity contribution in [3.63, 3.8) is 0 Å². The van der Waals surface area contributed by atoms with E-state index in [0.717, 1.165) is 27.5 Å². The topological polar surface area (TPSA) is 13.1 Å². The van der Waals surface area contributed by atoms with Gasteiger partial charge in [-0.15, -0.1) is 11.6 Å². The minimum atomic E-state index is 0.0302. The van der Waals surface area contributed by atoms with Gasteiger partial charge in [-0.25, -0.2) is 0 Å². The van der Waals surface area contributed by atoms with E-state index in [1.807, 2.05) is 18.2 Å². The number of halogens is 1. The number of rotatable bonds is 2. The average molecular weight is 259 g/mol. The lowest BCUT2D eigenvalue weighted by molar-refractivity contribution is 0.621. The first-order valence-corrected chi connectivity index (χ1v) is 6.65. The Morgan fingerprint density at radius 1 is 0.944 bits per heavy atom. The monoisotopic (exact) mass is 258 g/mol. The zero-order valence-electron chi connectivity index (χ0n) is 10.5. The third kappa shape index (κ3) is 1.79. The molecule has 0 fully saturated rings. The molecule has 92 valence electrons. The average Bonchev–Trinajstić information content (AvgIpc) is 2.75. The minimum absolute atomic E-state index is 0.0302. The number of para-hydroxylation sites is 1. The molecule has 1 unspecified atom stereocenters. The summed E-state index contributed by atoms with van der Waals surface area (Å²) in [6.45, 7) is 4.25. The van der Waals surface area contributed by atoms with Crippen LogP contribution in [-0.4, -0.2) is 0 Å². The largest absolute Gasteiger partial charge is 0.456 e. The molecule has 0 bridgehead atoms. The summed E-state index contributed by atoms with van der Waals surface area (Å²) in [5, 5.41) is 2.35. The third-order valence-corrected chi connectivity index (χ3v) is 4.06. The molecule has 0 saturated carbocycles. The highest BCUT2D eigenvalue weighted by Gasteiger charge is 2.14. The summed E-state index contributed by atoms with van der Waals surface area (Å²) in [7, 11) is 0. The molecule has 1 nitrogen and oxygen atoms in total. The van der Waals surface area contributed by atoms with Gasteiger partial charge in [-0.05, 0) is 23.6 Å². The van der Waals surface area contributed by atoms with Crippen molar-refractivity contribution in [3.05, 3.63) is 48.0 Å². The smallest absolute Gasteiger partial charge is 0.135 e. The highest BCUT2D eigenvalue weighted by atomic mass is 35.5. The molecule has 1 heterocycles. The van der Waals surface area contributed by atoms with Crippen molar-refractivity contribution in [2.75, 3.05) is 0 Å².